The number of hydrogen-bond donors (Lipinski definition) is 0. The highest BCUT2D eigenvalue weighted by Gasteiger charge is 2.32. The first-order valence-corrected chi connectivity index (χ1v) is 21.5. The van der Waals surface area contributed by atoms with Crippen LogP contribution in [0.2, 0.25) is 0 Å². The van der Waals surface area contributed by atoms with Crippen molar-refractivity contribution in [2.45, 2.75) is 87.9 Å². The Morgan fingerprint density at radius 2 is 0.660 bits per heavy atom. The molecule has 6 aromatic carbocycles. The van der Waals surface area contributed by atoms with Crippen LogP contribution in [0, 0.1) is 55.4 Å². The quantitative estimate of drug-likeness (QED) is 0.159. The van der Waals surface area contributed by atoms with E-state index >= 15 is 0 Å². The van der Waals surface area contributed by atoms with Crippen LogP contribution in [0.3, 0.4) is 0 Å². The van der Waals surface area contributed by atoms with Gasteiger partial charge in [0.2, 0.25) is 0 Å². The van der Waals surface area contributed by atoms with Gasteiger partial charge in [0.15, 0.2) is 0 Å². The van der Waals surface area contributed by atoms with Gasteiger partial charge in [0.05, 0.1) is 12.2 Å². The maximum absolute atomic E-state index is 7.06. The highest BCUT2D eigenvalue weighted by Crippen LogP contribution is 2.48. The molecule has 1 aliphatic rings. The van der Waals surface area contributed by atoms with Crippen LogP contribution >= 0.6 is 15.8 Å². The molecule has 2 atom stereocenters. The third kappa shape index (κ3) is 8.01. The van der Waals surface area contributed by atoms with Crippen LogP contribution in [0.1, 0.15) is 64.8 Å². The molecule has 270 valence electrons. The van der Waals surface area contributed by atoms with Crippen LogP contribution in [0.25, 0.3) is 11.1 Å². The Hall–Kier alpha value is -4.22. The molecule has 0 N–H and O–H groups in total. The molecule has 6 aromatic rings. The summed E-state index contributed by atoms with van der Waals surface area (Å²) in [5.41, 5.74) is 12.6. The molecule has 0 unspecified atom stereocenters. The third-order valence-corrected chi connectivity index (χ3v) is 14.7. The number of aryl methyl sites for hydroxylation is 8. The van der Waals surface area contributed by atoms with Crippen molar-refractivity contribution in [3.63, 3.8) is 0 Å². The van der Waals surface area contributed by atoms with Gasteiger partial charge in [-0.3, -0.25) is 0 Å². The van der Waals surface area contributed by atoms with Crippen LogP contribution in [0.15, 0.2) is 109 Å². The summed E-state index contributed by atoms with van der Waals surface area (Å²) in [4.78, 5) is 0. The van der Waals surface area contributed by atoms with Crippen molar-refractivity contribution in [3.05, 3.63) is 154 Å². The van der Waals surface area contributed by atoms with Gasteiger partial charge in [-0.1, -0.05) is 142 Å². The molecular formula is C49H52O2P2. The Morgan fingerprint density at radius 1 is 0.396 bits per heavy atom. The molecule has 0 amide bonds. The summed E-state index contributed by atoms with van der Waals surface area (Å²) in [6, 6.07) is 41.9. The normalized spacial score (nSPS) is 15.5. The highest BCUT2D eigenvalue weighted by molar-refractivity contribution is 7.80. The zero-order chi connectivity index (χ0) is 37.6. The smallest absolute Gasteiger partial charge is 0.128 e. The minimum absolute atomic E-state index is 0.0224. The van der Waals surface area contributed by atoms with Crippen molar-refractivity contribution in [2.24, 2.45) is 0 Å². The van der Waals surface area contributed by atoms with Gasteiger partial charge in [-0.05, 0) is 129 Å². The zero-order valence-electron chi connectivity index (χ0n) is 33.0. The molecule has 0 radical (unpaired) electrons. The van der Waals surface area contributed by atoms with Crippen molar-refractivity contribution in [3.8, 4) is 22.6 Å². The lowest BCUT2D eigenvalue weighted by Gasteiger charge is -2.29. The van der Waals surface area contributed by atoms with Crippen molar-refractivity contribution in [1.29, 1.82) is 0 Å². The first kappa shape index (κ1) is 37.1. The Kier molecular flexibility index (Phi) is 10.7. The predicted molar refractivity (Wildman–Crippen MR) is 232 cm³/mol. The molecule has 4 heteroatoms. The minimum atomic E-state index is -0.994. The number of hydrogen-bond acceptors (Lipinski definition) is 2. The van der Waals surface area contributed by atoms with Crippen molar-refractivity contribution >= 4 is 47.7 Å². The number of rotatable bonds is 6. The Balaban J connectivity index is 1.62. The van der Waals surface area contributed by atoms with E-state index in [0.29, 0.717) is 0 Å². The standard InChI is InChI=1S/C49H52O2P2/c1-30-17-31(2)22-40(21-30)52(41-23-32(3)18-33(4)24-41)46-15-11-13-44-48(46)49-45(51-39(10)29-38(9)50-44)14-12-16-47(49)53(42-25-34(5)19-35(6)26-42)43-27-36(7)20-37(8)28-43/h11-28,38-39H,29H2,1-10H3/t38-,39-/m1/s1. The average Bonchev–Trinajstić information content (AvgIpc) is 3.09. The van der Waals surface area contributed by atoms with Crippen LogP contribution in [0.5, 0.6) is 11.5 Å². The molecule has 0 aliphatic carbocycles. The second-order valence-electron chi connectivity index (χ2n) is 15.4. The van der Waals surface area contributed by atoms with E-state index in [2.05, 4.69) is 178 Å². The second-order valence-corrected chi connectivity index (χ2v) is 19.8. The molecule has 7 rings (SSSR count). The summed E-state index contributed by atoms with van der Waals surface area (Å²) in [5, 5.41) is 7.99. The zero-order valence-corrected chi connectivity index (χ0v) is 34.8. The number of benzene rings is 6. The summed E-state index contributed by atoms with van der Waals surface area (Å²) >= 11 is 0. The van der Waals surface area contributed by atoms with E-state index in [-0.39, 0.29) is 12.2 Å². The van der Waals surface area contributed by atoms with E-state index in [1.165, 1.54) is 76.3 Å². The predicted octanol–water partition coefficient (Wildman–Crippen LogP) is 10.3. The lowest BCUT2D eigenvalue weighted by Crippen LogP contribution is -2.27. The summed E-state index contributed by atoms with van der Waals surface area (Å²) in [5.74, 6) is 1.86. The molecule has 1 aliphatic heterocycles. The molecular weight excluding hydrogens is 682 g/mol. The van der Waals surface area contributed by atoms with Gasteiger partial charge < -0.3 is 9.47 Å². The maximum Gasteiger partial charge on any atom is 0.128 e. The lowest BCUT2D eigenvalue weighted by molar-refractivity contribution is 0.134. The van der Waals surface area contributed by atoms with Crippen LogP contribution in [-0.2, 0) is 0 Å². The van der Waals surface area contributed by atoms with Gasteiger partial charge in [-0.25, -0.2) is 0 Å². The van der Waals surface area contributed by atoms with E-state index in [4.69, 9.17) is 9.47 Å². The fourth-order valence-electron chi connectivity index (χ4n) is 8.28. The number of ether oxygens (including phenoxy) is 2. The summed E-state index contributed by atoms with van der Waals surface area (Å²) in [6.07, 6.45) is 0.746. The van der Waals surface area contributed by atoms with Gasteiger partial charge >= 0.3 is 0 Å². The van der Waals surface area contributed by atoms with Gasteiger partial charge in [-0.15, -0.1) is 0 Å². The molecule has 0 fully saturated rings. The molecule has 0 aromatic heterocycles. The summed E-state index contributed by atoms with van der Waals surface area (Å²) < 4.78 is 14.1. The largest absolute Gasteiger partial charge is 0.490 e. The first-order valence-electron chi connectivity index (χ1n) is 18.9. The third-order valence-electron chi connectivity index (χ3n) is 9.92. The van der Waals surface area contributed by atoms with E-state index < -0.39 is 15.8 Å². The lowest BCUT2D eigenvalue weighted by atomic mass is 10.0. The molecule has 1 heterocycles. The monoisotopic (exact) mass is 734 g/mol. The SMILES string of the molecule is Cc1cc(C)cc(P(c2cc(C)cc(C)c2)c2cccc3c2-c2c(cccc2P(c2cc(C)cc(C)c2)c2cc(C)cc(C)c2)O[C@H](C)C[C@@H](C)O3)c1. The van der Waals surface area contributed by atoms with Gasteiger partial charge in [0, 0.05) is 17.5 Å². The summed E-state index contributed by atoms with van der Waals surface area (Å²) in [7, 11) is -1.99. The molecule has 0 saturated heterocycles. The maximum atomic E-state index is 7.06. The van der Waals surface area contributed by atoms with Gasteiger partial charge in [-0.2, -0.15) is 0 Å². The topological polar surface area (TPSA) is 18.5 Å². The van der Waals surface area contributed by atoms with Gasteiger partial charge in [0.25, 0.3) is 0 Å². The van der Waals surface area contributed by atoms with E-state index in [1.807, 2.05) is 0 Å². The van der Waals surface area contributed by atoms with E-state index in [9.17, 15) is 0 Å². The minimum Gasteiger partial charge on any atom is -0.490 e. The van der Waals surface area contributed by atoms with E-state index in [0.717, 1.165) is 29.0 Å². The highest BCUT2D eigenvalue weighted by atomic mass is 31.1. The van der Waals surface area contributed by atoms with Crippen molar-refractivity contribution in [2.75, 3.05) is 0 Å². The molecule has 2 nitrogen and oxygen atoms in total. The van der Waals surface area contributed by atoms with Crippen molar-refractivity contribution < 1.29 is 9.47 Å². The Morgan fingerprint density at radius 3 is 0.925 bits per heavy atom. The molecule has 53 heavy (non-hydrogen) atoms. The second kappa shape index (κ2) is 15.3. The summed E-state index contributed by atoms with van der Waals surface area (Å²) in [6.45, 7) is 22.1. The van der Waals surface area contributed by atoms with Crippen LogP contribution in [-0.4, -0.2) is 12.2 Å². The van der Waals surface area contributed by atoms with Crippen LogP contribution < -0.4 is 41.3 Å². The van der Waals surface area contributed by atoms with Gasteiger partial charge in [0.1, 0.15) is 11.5 Å². The van der Waals surface area contributed by atoms with E-state index in [1.54, 1.807) is 0 Å². The average molecular weight is 735 g/mol. The van der Waals surface area contributed by atoms with Crippen molar-refractivity contribution in [1.82, 2.24) is 0 Å². The molecule has 0 bridgehead atoms. The Bertz CT molecular complexity index is 1980. The first-order chi connectivity index (χ1) is 25.3. The number of fused-ring (bicyclic) bond motifs is 3. The fourth-order valence-corrected chi connectivity index (χ4v) is 14.0. The van der Waals surface area contributed by atoms with Crippen LogP contribution in [0.4, 0.5) is 0 Å². The fraction of sp³-hybridized carbons (Fsp3) is 0.265. The Labute approximate surface area is 320 Å². The molecule has 0 spiro atoms. The molecule has 0 saturated carbocycles.